The molecule has 2 aliphatic rings. The van der Waals surface area contributed by atoms with Crippen LogP contribution in [0.1, 0.15) is 12.8 Å². The molecule has 0 spiro atoms. The zero-order valence-electron chi connectivity index (χ0n) is 8.87. The Morgan fingerprint density at radius 2 is 2.00 bits per heavy atom. The Kier molecular flexibility index (Phi) is 3.20. The van der Waals surface area contributed by atoms with Crippen LogP contribution in [-0.2, 0) is 9.59 Å². The Morgan fingerprint density at radius 1 is 1.27 bits per heavy atom. The zero-order chi connectivity index (χ0) is 10.7. The minimum absolute atomic E-state index is 0.0359. The van der Waals surface area contributed by atoms with Crippen molar-refractivity contribution in [2.24, 2.45) is 0 Å². The van der Waals surface area contributed by atoms with Crippen LogP contribution in [0.15, 0.2) is 0 Å². The summed E-state index contributed by atoms with van der Waals surface area (Å²) in [5, 5.41) is 2.99. The standard InChI is InChI=1S/C10H17N3O2/c14-9-7-11-3-6-13(9)8-10(15)12-4-1-2-5-12/h11H,1-8H2. The molecule has 0 aliphatic carbocycles. The lowest BCUT2D eigenvalue weighted by Crippen LogP contribution is -2.51. The first-order valence-corrected chi connectivity index (χ1v) is 5.53. The predicted octanol–water partition coefficient (Wildman–Crippen LogP) is -0.959. The van der Waals surface area contributed by atoms with Crippen molar-refractivity contribution in [2.75, 3.05) is 39.3 Å². The lowest BCUT2D eigenvalue weighted by Gasteiger charge is -2.28. The SMILES string of the molecule is O=C(CN1CCNCC1=O)N1CCCC1. The highest BCUT2D eigenvalue weighted by Crippen LogP contribution is 2.08. The summed E-state index contributed by atoms with van der Waals surface area (Å²) < 4.78 is 0. The third-order valence-corrected chi connectivity index (χ3v) is 2.97. The molecule has 0 radical (unpaired) electrons. The lowest BCUT2D eigenvalue weighted by atomic mass is 10.3. The van der Waals surface area contributed by atoms with E-state index in [1.165, 1.54) is 0 Å². The number of nitrogens with zero attached hydrogens (tertiary/aromatic N) is 2. The molecular weight excluding hydrogens is 194 g/mol. The molecule has 84 valence electrons. The van der Waals surface area contributed by atoms with E-state index in [4.69, 9.17) is 0 Å². The van der Waals surface area contributed by atoms with E-state index in [1.807, 2.05) is 4.90 Å². The van der Waals surface area contributed by atoms with Gasteiger partial charge in [-0.2, -0.15) is 0 Å². The maximum Gasteiger partial charge on any atom is 0.242 e. The van der Waals surface area contributed by atoms with Gasteiger partial charge in [0.25, 0.3) is 0 Å². The van der Waals surface area contributed by atoms with Gasteiger partial charge in [-0.15, -0.1) is 0 Å². The molecule has 1 N–H and O–H groups in total. The molecule has 0 atom stereocenters. The smallest absolute Gasteiger partial charge is 0.242 e. The van der Waals surface area contributed by atoms with Gasteiger partial charge in [-0.25, -0.2) is 0 Å². The fourth-order valence-electron chi connectivity index (χ4n) is 2.04. The van der Waals surface area contributed by atoms with Crippen molar-refractivity contribution in [1.29, 1.82) is 0 Å². The molecule has 2 aliphatic heterocycles. The molecular formula is C10H17N3O2. The van der Waals surface area contributed by atoms with E-state index in [9.17, 15) is 9.59 Å². The summed E-state index contributed by atoms with van der Waals surface area (Å²) in [6, 6.07) is 0. The minimum Gasteiger partial charge on any atom is -0.341 e. The number of amides is 2. The predicted molar refractivity (Wildman–Crippen MR) is 55.3 cm³/mol. The summed E-state index contributed by atoms with van der Waals surface area (Å²) in [5.74, 6) is 0.136. The second kappa shape index (κ2) is 4.61. The minimum atomic E-state index is 0.0359. The van der Waals surface area contributed by atoms with Crippen molar-refractivity contribution >= 4 is 11.8 Å². The number of likely N-dealkylation sites (tertiary alicyclic amines) is 1. The Balaban J connectivity index is 1.84. The molecule has 0 aromatic carbocycles. The molecule has 0 aromatic rings. The van der Waals surface area contributed by atoms with Gasteiger partial charge in [-0.1, -0.05) is 0 Å². The van der Waals surface area contributed by atoms with Crippen molar-refractivity contribution in [3.63, 3.8) is 0 Å². The molecule has 2 amide bonds. The molecule has 15 heavy (non-hydrogen) atoms. The third-order valence-electron chi connectivity index (χ3n) is 2.97. The number of rotatable bonds is 2. The van der Waals surface area contributed by atoms with E-state index in [1.54, 1.807) is 4.90 Å². The lowest BCUT2D eigenvalue weighted by molar-refractivity contribution is -0.140. The maximum absolute atomic E-state index is 11.8. The molecule has 5 nitrogen and oxygen atoms in total. The first kappa shape index (κ1) is 10.4. The number of carbonyl (C=O) groups is 2. The molecule has 2 saturated heterocycles. The highest BCUT2D eigenvalue weighted by atomic mass is 16.2. The largest absolute Gasteiger partial charge is 0.341 e. The molecule has 2 heterocycles. The summed E-state index contributed by atoms with van der Waals surface area (Å²) in [7, 11) is 0. The highest BCUT2D eigenvalue weighted by Gasteiger charge is 2.24. The summed E-state index contributed by atoms with van der Waals surface area (Å²) in [4.78, 5) is 26.7. The second-order valence-corrected chi connectivity index (χ2v) is 4.08. The molecule has 0 unspecified atom stereocenters. The Bertz CT molecular complexity index is 261. The maximum atomic E-state index is 11.8. The number of carbonyl (C=O) groups excluding carboxylic acids is 2. The van der Waals surface area contributed by atoms with Crippen LogP contribution in [0.2, 0.25) is 0 Å². The van der Waals surface area contributed by atoms with Gasteiger partial charge in [0.2, 0.25) is 11.8 Å². The summed E-state index contributed by atoms with van der Waals surface area (Å²) in [6.45, 7) is 3.80. The van der Waals surface area contributed by atoms with E-state index < -0.39 is 0 Å². The van der Waals surface area contributed by atoms with E-state index >= 15 is 0 Å². The third kappa shape index (κ3) is 2.47. The normalized spacial score (nSPS) is 22.3. The quantitative estimate of drug-likeness (QED) is 0.640. The van der Waals surface area contributed by atoms with Gasteiger partial charge in [0.05, 0.1) is 13.1 Å². The van der Waals surface area contributed by atoms with E-state index in [-0.39, 0.29) is 18.4 Å². The van der Waals surface area contributed by atoms with Crippen molar-refractivity contribution < 1.29 is 9.59 Å². The Morgan fingerprint density at radius 3 is 2.67 bits per heavy atom. The fraction of sp³-hybridized carbons (Fsp3) is 0.800. The van der Waals surface area contributed by atoms with Gasteiger partial charge in [0.15, 0.2) is 0 Å². The average molecular weight is 211 g/mol. The highest BCUT2D eigenvalue weighted by molar-refractivity contribution is 5.86. The van der Waals surface area contributed by atoms with Gasteiger partial charge in [-0.3, -0.25) is 9.59 Å². The monoisotopic (exact) mass is 211 g/mol. The Hall–Kier alpha value is -1.10. The summed E-state index contributed by atoms with van der Waals surface area (Å²) in [5.41, 5.74) is 0. The van der Waals surface area contributed by atoms with Gasteiger partial charge in [-0.05, 0) is 12.8 Å². The average Bonchev–Trinajstić information content (AvgIpc) is 2.74. The Labute approximate surface area is 89.4 Å². The first-order chi connectivity index (χ1) is 7.27. The summed E-state index contributed by atoms with van der Waals surface area (Å²) in [6.07, 6.45) is 2.20. The number of hydrogen-bond acceptors (Lipinski definition) is 3. The van der Waals surface area contributed by atoms with Crippen molar-refractivity contribution in [2.45, 2.75) is 12.8 Å². The van der Waals surface area contributed by atoms with Crippen LogP contribution in [0.3, 0.4) is 0 Å². The van der Waals surface area contributed by atoms with Crippen molar-refractivity contribution in [1.82, 2.24) is 15.1 Å². The van der Waals surface area contributed by atoms with Gasteiger partial charge >= 0.3 is 0 Å². The topological polar surface area (TPSA) is 52.7 Å². The van der Waals surface area contributed by atoms with Crippen LogP contribution in [-0.4, -0.2) is 60.9 Å². The molecule has 2 rings (SSSR count). The fourth-order valence-corrected chi connectivity index (χ4v) is 2.04. The van der Waals surface area contributed by atoms with E-state index in [2.05, 4.69) is 5.32 Å². The van der Waals surface area contributed by atoms with Crippen LogP contribution in [0, 0.1) is 0 Å². The van der Waals surface area contributed by atoms with Gasteiger partial charge < -0.3 is 15.1 Å². The molecule has 2 fully saturated rings. The molecule has 5 heteroatoms. The van der Waals surface area contributed by atoms with Gasteiger partial charge in [0.1, 0.15) is 0 Å². The van der Waals surface area contributed by atoms with Crippen LogP contribution in [0.4, 0.5) is 0 Å². The van der Waals surface area contributed by atoms with Crippen molar-refractivity contribution in [3.05, 3.63) is 0 Å². The van der Waals surface area contributed by atoms with Crippen LogP contribution >= 0.6 is 0 Å². The first-order valence-electron chi connectivity index (χ1n) is 5.53. The van der Waals surface area contributed by atoms with Crippen molar-refractivity contribution in [3.8, 4) is 0 Å². The van der Waals surface area contributed by atoms with E-state index in [0.29, 0.717) is 13.1 Å². The number of piperazine rings is 1. The number of hydrogen-bond donors (Lipinski definition) is 1. The van der Waals surface area contributed by atoms with Crippen LogP contribution in [0.5, 0.6) is 0 Å². The van der Waals surface area contributed by atoms with Crippen LogP contribution < -0.4 is 5.32 Å². The molecule has 0 bridgehead atoms. The number of nitrogens with one attached hydrogen (secondary N) is 1. The zero-order valence-corrected chi connectivity index (χ0v) is 8.87. The van der Waals surface area contributed by atoms with E-state index in [0.717, 1.165) is 32.5 Å². The van der Waals surface area contributed by atoms with Crippen LogP contribution in [0.25, 0.3) is 0 Å². The molecule has 0 aromatic heterocycles. The second-order valence-electron chi connectivity index (χ2n) is 4.08. The van der Waals surface area contributed by atoms with Gasteiger partial charge in [0, 0.05) is 26.2 Å². The molecule has 0 saturated carbocycles. The summed E-state index contributed by atoms with van der Waals surface area (Å²) >= 11 is 0.